The highest BCUT2D eigenvalue weighted by atomic mass is 16.6. The van der Waals surface area contributed by atoms with Crippen molar-refractivity contribution in [3.63, 3.8) is 0 Å². The van der Waals surface area contributed by atoms with Gasteiger partial charge in [0.2, 0.25) is 0 Å². The van der Waals surface area contributed by atoms with E-state index in [0.29, 0.717) is 11.5 Å². The van der Waals surface area contributed by atoms with E-state index >= 15 is 0 Å². The summed E-state index contributed by atoms with van der Waals surface area (Å²) in [5, 5.41) is 3.01. The Morgan fingerprint density at radius 2 is 1.54 bits per heavy atom. The van der Waals surface area contributed by atoms with Gasteiger partial charge in [-0.3, -0.25) is 4.79 Å². The number of methoxy groups -OCH3 is 1. The van der Waals surface area contributed by atoms with Crippen LogP contribution in [-0.4, -0.2) is 38.7 Å². The van der Waals surface area contributed by atoms with Crippen LogP contribution in [0.25, 0.3) is 0 Å². The Hall–Kier alpha value is -2.24. The van der Waals surface area contributed by atoms with Crippen molar-refractivity contribution in [1.82, 2.24) is 5.32 Å². The summed E-state index contributed by atoms with van der Waals surface area (Å²) in [5.74, 6) is 3.05. The first-order chi connectivity index (χ1) is 13.5. The fourth-order valence-corrected chi connectivity index (χ4v) is 5.85. The second kappa shape index (κ2) is 8.02. The van der Waals surface area contributed by atoms with Crippen molar-refractivity contribution < 1.29 is 23.8 Å². The van der Waals surface area contributed by atoms with Gasteiger partial charge in [-0.1, -0.05) is 0 Å². The molecular weight excluding hydrogens is 358 g/mol. The van der Waals surface area contributed by atoms with E-state index in [2.05, 4.69) is 5.32 Å². The number of ether oxygens (including phenoxy) is 3. The molecular formula is C22H29NO5. The van der Waals surface area contributed by atoms with Crippen LogP contribution in [0, 0.1) is 23.2 Å². The van der Waals surface area contributed by atoms with Crippen LogP contribution in [0.4, 0.5) is 0 Å². The lowest BCUT2D eigenvalue weighted by Crippen LogP contribution is -2.51. The van der Waals surface area contributed by atoms with Crippen LogP contribution in [0.2, 0.25) is 0 Å². The molecule has 1 N–H and O–H groups in total. The van der Waals surface area contributed by atoms with Crippen molar-refractivity contribution in [3.05, 3.63) is 24.3 Å². The molecule has 0 aromatic heterocycles. The summed E-state index contributed by atoms with van der Waals surface area (Å²) >= 11 is 0. The Balaban J connectivity index is 1.16. The minimum absolute atomic E-state index is 0.228. The third kappa shape index (κ3) is 4.42. The summed E-state index contributed by atoms with van der Waals surface area (Å²) in [5.41, 5.74) is 0.284. The summed E-state index contributed by atoms with van der Waals surface area (Å²) in [4.78, 5) is 24.0. The van der Waals surface area contributed by atoms with Gasteiger partial charge in [-0.25, -0.2) is 4.79 Å². The van der Waals surface area contributed by atoms with E-state index in [4.69, 9.17) is 14.2 Å². The molecule has 1 aromatic rings. The summed E-state index contributed by atoms with van der Waals surface area (Å²) in [6, 6.07) is 6.92. The molecule has 0 heterocycles. The smallest absolute Gasteiger partial charge is 0.344 e. The lowest BCUT2D eigenvalue weighted by Gasteiger charge is -2.56. The van der Waals surface area contributed by atoms with E-state index in [1.807, 2.05) is 0 Å². The molecule has 0 atom stereocenters. The van der Waals surface area contributed by atoms with Crippen molar-refractivity contribution in [2.45, 2.75) is 38.5 Å². The number of rotatable bonds is 8. The molecule has 0 unspecified atom stereocenters. The highest BCUT2D eigenvalue weighted by molar-refractivity contribution is 5.80. The number of benzene rings is 1. The molecule has 152 valence electrons. The van der Waals surface area contributed by atoms with Crippen LogP contribution in [0.5, 0.6) is 11.5 Å². The van der Waals surface area contributed by atoms with Gasteiger partial charge in [-0.2, -0.15) is 0 Å². The van der Waals surface area contributed by atoms with Crippen molar-refractivity contribution in [2.24, 2.45) is 23.2 Å². The van der Waals surface area contributed by atoms with Gasteiger partial charge >= 0.3 is 5.97 Å². The lowest BCUT2D eigenvalue weighted by molar-refractivity contribution is -0.150. The van der Waals surface area contributed by atoms with E-state index in [-0.39, 0.29) is 24.5 Å². The molecule has 4 fully saturated rings. The van der Waals surface area contributed by atoms with Crippen LogP contribution in [-0.2, 0) is 14.3 Å². The maximum atomic E-state index is 12.1. The summed E-state index contributed by atoms with van der Waals surface area (Å²) in [6.07, 6.45) is 7.90. The Morgan fingerprint density at radius 3 is 2.11 bits per heavy atom. The van der Waals surface area contributed by atoms with E-state index < -0.39 is 5.97 Å². The second-order valence-electron chi connectivity index (χ2n) is 8.82. The van der Waals surface area contributed by atoms with Crippen LogP contribution < -0.4 is 14.8 Å². The number of carbonyl (C=O) groups is 2. The Kier molecular flexibility index (Phi) is 5.47. The van der Waals surface area contributed by atoms with Gasteiger partial charge in [0.05, 0.1) is 7.11 Å². The molecule has 1 amide bonds. The van der Waals surface area contributed by atoms with Crippen LogP contribution in [0.15, 0.2) is 24.3 Å². The molecule has 4 saturated carbocycles. The van der Waals surface area contributed by atoms with E-state index in [1.54, 1.807) is 31.4 Å². The number of hydrogen-bond acceptors (Lipinski definition) is 5. The number of hydrogen-bond donors (Lipinski definition) is 1. The molecule has 0 radical (unpaired) electrons. The van der Waals surface area contributed by atoms with Gasteiger partial charge in [0.15, 0.2) is 13.2 Å². The summed E-state index contributed by atoms with van der Waals surface area (Å²) < 4.78 is 15.5. The summed E-state index contributed by atoms with van der Waals surface area (Å²) in [7, 11) is 1.58. The van der Waals surface area contributed by atoms with Gasteiger partial charge in [-0.05, 0) is 86.0 Å². The van der Waals surface area contributed by atoms with Gasteiger partial charge in [0.1, 0.15) is 11.5 Å². The van der Waals surface area contributed by atoms with E-state index in [1.165, 1.54) is 38.5 Å². The molecule has 6 heteroatoms. The van der Waals surface area contributed by atoms with E-state index in [0.717, 1.165) is 24.3 Å². The number of nitrogens with one attached hydrogen (secondary N) is 1. The normalized spacial score (nSPS) is 30.0. The maximum absolute atomic E-state index is 12.1. The number of esters is 1. The van der Waals surface area contributed by atoms with Gasteiger partial charge in [0.25, 0.3) is 5.91 Å². The Bertz CT molecular complexity index is 679. The Labute approximate surface area is 165 Å². The number of amides is 1. The standard InChI is InChI=1S/C22H29NO5/c1-26-18-2-4-19(5-3-18)27-13-21(25)28-12-20(24)23-14-22-9-15-6-16(10-22)8-17(7-15)11-22/h2-5,15-17H,6-14H2,1H3,(H,23,24). The average Bonchev–Trinajstić information content (AvgIpc) is 2.68. The van der Waals surface area contributed by atoms with Crippen molar-refractivity contribution in [2.75, 3.05) is 26.9 Å². The van der Waals surface area contributed by atoms with Crippen molar-refractivity contribution in [3.8, 4) is 11.5 Å². The molecule has 4 aliphatic carbocycles. The number of carbonyl (C=O) groups excluding carboxylic acids is 2. The van der Waals surface area contributed by atoms with Crippen LogP contribution in [0.3, 0.4) is 0 Å². The highest BCUT2D eigenvalue weighted by Gasteiger charge is 2.50. The van der Waals surface area contributed by atoms with Gasteiger partial charge in [-0.15, -0.1) is 0 Å². The second-order valence-corrected chi connectivity index (χ2v) is 8.82. The van der Waals surface area contributed by atoms with Gasteiger partial charge in [0, 0.05) is 6.54 Å². The predicted molar refractivity (Wildman–Crippen MR) is 103 cm³/mol. The van der Waals surface area contributed by atoms with Crippen LogP contribution >= 0.6 is 0 Å². The first-order valence-corrected chi connectivity index (χ1v) is 10.2. The fraction of sp³-hybridized carbons (Fsp3) is 0.636. The highest BCUT2D eigenvalue weighted by Crippen LogP contribution is 2.59. The topological polar surface area (TPSA) is 73.9 Å². The SMILES string of the molecule is COc1ccc(OCC(=O)OCC(=O)NCC23CC4CC(CC(C4)C2)C3)cc1. The van der Waals surface area contributed by atoms with Crippen molar-refractivity contribution >= 4 is 11.9 Å². The fourth-order valence-electron chi connectivity index (χ4n) is 5.85. The predicted octanol–water partition coefficient (Wildman–Crippen LogP) is 2.95. The van der Waals surface area contributed by atoms with E-state index in [9.17, 15) is 9.59 Å². The zero-order valence-electron chi connectivity index (χ0n) is 16.4. The first-order valence-electron chi connectivity index (χ1n) is 10.2. The molecule has 0 spiro atoms. The van der Waals surface area contributed by atoms with Crippen molar-refractivity contribution in [1.29, 1.82) is 0 Å². The largest absolute Gasteiger partial charge is 0.497 e. The Morgan fingerprint density at radius 1 is 0.964 bits per heavy atom. The van der Waals surface area contributed by atoms with Gasteiger partial charge < -0.3 is 19.5 Å². The zero-order chi connectivity index (χ0) is 19.6. The zero-order valence-corrected chi connectivity index (χ0v) is 16.4. The molecule has 28 heavy (non-hydrogen) atoms. The molecule has 0 saturated heterocycles. The minimum atomic E-state index is -0.555. The van der Waals surface area contributed by atoms with Crippen LogP contribution in [0.1, 0.15) is 38.5 Å². The molecule has 4 bridgehead atoms. The molecule has 1 aromatic carbocycles. The third-order valence-electron chi connectivity index (χ3n) is 6.61. The lowest BCUT2D eigenvalue weighted by atomic mass is 9.49. The first kappa shape index (κ1) is 19.1. The molecule has 5 rings (SSSR count). The average molecular weight is 387 g/mol. The molecule has 4 aliphatic rings. The minimum Gasteiger partial charge on any atom is -0.497 e. The molecule has 6 nitrogen and oxygen atoms in total. The molecule has 0 aliphatic heterocycles. The summed E-state index contributed by atoms with van der Waals surface area (Å²) in [6.45, 7) is 0.237. The quantitative estimate of drug-likeness (QED) is 0.694. The maximum Gasteiger partial charge on any atom is 0.344 e. The third-order valence-corrected chi connectivity index (χ3v) is 6.61. The monoisotopic (exact) mass is 387 g/mol.